The van der Waals surface area contributed by atoms with Crippen LogP contribution in [0.15, 0.2) is 53.7 Å². The minimum Gasteiger partial charge on any atom is -0.459 e. The molecule has 0 aliphatic carbocycles. The van der Waals surface area contributed by atoms with Gasteiger partial charge in [-0.25, -0.2) is 13.6 Å². The zero-order chi connectivity index (χ0) is 22.7. The molecule has 2 aliphatic heterocycles. The molecule has 1 N–H and O–H groups in total. The number of nitrogens with one attached hydrogen (secondary N) is 1. The lowest BCUT2D eigenvalue weighted by Gasteiger charge is -2.22. The van der Waals surface area contributed by atoms with E-state index in [4.69, 9.17) is 14.3 Å². The molecule has 0 aromatic heterocycles. The van der Waals surface area contributed by atoms with Gasteiger partial charge in [0.05, 0.1) is 18.4 Å². The van der Waals surface area contributed by atoms with Crippen LogP contribution in [-0.2, 0) is 30.5 Å². The number of oxime groups is 1. The number of esters is 1. The van der Waals surface area contributed by atoms with E-state index in [0.29, 0.717) is 0 Å². The van der Waals surface area contributed by atoms with Crippen molar-refractivity contribution >= 4 is 17.6 Å². The number of hydrogen-bond acceptors (Lipinski definition) is 6. The molecule has 2 aromatic rings. The van der Waals surface area contributed by atoms with Crippen LogP contribution >= 0.6 is 0 Å². The third-order valence-corrected chi connectivity index (χ3v) is 5.36. The van der Waals surface area contributed by atoms with Gasteiger partial charge >= 0.3 is 5.97 Å². The van der Waals surface area contributed by atoms with E-state index < -0.39 is 41.3 Å². The molecule has 1 fully saturated rings. The van der Waals surface area contributed by atoms with Gasteiger partial charge in [-0.3, -0.25) is 4.79 Å². The molecule has 7 nitrogen and oxygen atoms in total. The van der Waals surface area contributed by atoms with Crippen molar-refractivity contribution in [2.45, 2.75) is 44.1 Å². The Bertz CT molecular complexity index is 1030. The van der Waals surface area contributed by atoms with Crippen molar-refractivity contribution in [2.75, 3.05) is 6.61 Å². The van der Waals surface area contributed by atoms with Crippen molar-refractivity contribution in [2.24, 2.45) is 5.16 Å². The molecule has 1 amide bonds. The molecular weight excluding hydrogens is 422 g/mol. The van der Waals surface area contributed by atoms with Gasteiger partial charge in [0, 0.05) is 24.5 Å². The Labute approximate surface area is 183 Å². The largest absolute Gasteiger partial charge is 0.459 e. The Hall–Kier alpha value is -3.33. The summed E-state index contributed by atoms with van der Waals surface area (Å²) in [6.45, 7) is 1.83. The predicted molar refractivity (Wildman–Crippen MR) is 110 cm³/mol. The lowest BCUT2D eigenvalue weighted by Crippen LogP contribution is -2.49. The smallest absolute Gasteiger partial charge is 0.335 e. The lowest BCUT2D eigenvalue weighted by atomic mass is 9.94. The Morgan fingerprint density at radius 3 is 2.62 bits per heavy atom. The van der Waals surface area contributed by atoms with Gasteiger partial charge in [0.1, 0.15) is 18.2 Å². The van der Waals surface area contributed by atoms with Crippen molar-refractivity contribution in [3.05, 3.63) is 71.3 Å². The molecule has 0 saturated carbocycles. The zero-order valence-electron chi connectivity index (χ0n) is 17.3. The number of amides is 1. The van der Waals surface area contributed by atoms with Crippen LogP contribution in [0.3, 0.4) is 0 Å². The molecule has 2 aromatic carbocycles. The summed E-state index contributed by atoms with van der Waals surface area (Å²) >= 11 is 0. The normalized spacial score (nSPS) is 24.5. The molecule has 4 rings (SSSR count). The highest BCUT2D eigenvalue weighted by Crippen LogP contribution is 2.28. The topological polar surface area (TPSA) is 86.2 Å². The van der Waals surface area contributed by atoms with Crippen molar-refractivity contribution in [1.82, 2.24) is 5.32 Å². The number of ether oxygens (including phenoxy) is 2. The zero-order valence-corrected chi connectivity index (χ0v) is 17.3. The predicted octanol–water partition coefficient (Wildman–Crippen LogP) is 2.87. The first-order valence-corrected chi connectivity index (χ1v) is 10.2. The van der Waals surface area contributed by atoms with Crippen LogP contribution in [0.25, 0.3) is 0 Å². The van der Waals surface area contributed by atoms with Crippen LogP contribution in [0.1, 0.15) is 30.9 Å². The highest BCUT2D eigenvalue weighted by molar-refractivity contribution is 6.05. The van der Waals surface area contributed by atoms with Crippen molar-refractivity contribution in [1.29, 1.82) is 0 Å². The number of hydrogen-bond donors (Lipinski definition) is 1. The first-order chi connectivity index (χ1) is 15.3. The number of rotatable bonds is 6. The van der Waals surface area contributed by atoms with Gasteiger partial charge < -0.3 is 19.6 Å². The second-order valence-corrected chi connectivity index (χ2v) is 8.02. The molecule has 168 valence electrons. The Kier molecular flexibility index (Phi) is 6.18. The standard InChI is InChI=1S/C23H22F2N2O5/c1-23(11-19(27-32-23)15-7-16(24)9-17(25)8-15)22(29)26-18-10-20(30-13-18)21(28)31-12-14-5-3-2-4-6-14/h2-9,18,20H,10-13H2,1H3,(H,26,29)/t18?,20?,23-/m1/s1. The maximum atomic E-state index is 13.5. The Morgan fingerprint density at radius 2 is 1.91 bits per heavy atom. The average Bonchev–Trinajstić information content (AvgIpc) is 3.40. The fraction of sp³-hybridized carbons (Fsp3) is 0.348. The Balaban J connectivity index is 1.28. The third kappa shape index (κ3) is 4.94. The third-order valence-electron chi connectivity index (χ3n) is 5.36. The summed E-state index contributed by atoms with van der Waals surface area (Å²) in [4.78, 5) is 30.4. The van der Waals surface area contributed by atoms with Gasteiger partial charge in [0.15, 0.2) is 6.10 Å². The highest BCUT2D eigenvalue weighted by atomic mass is 19.1. The maximum Gasteiger partial charge on any atom is 0.335 e. The second-order valence-electron chi connectivity index (χ2n) is 8.02. The number of halogens is 2. The minimum absolute atomic E-state index is 0.0395. The van der Waals surface area contributed by atoms with E-state index >= 15 is 0 Å². The van der Waals surface area contributed by atoms with E-state index in [1.807, 2.05) is 30.3 Å². The molecule has 32 heavy (non-hydrogen) atoms. The van der Waals surface area contributed by atoms with Crippen molar-refractivity contribution < 1.29 is 32.7 Å². The molecule has 0 spiro atoms. The number of carbonyl (C=O) groups excluding carboxylic acids is 2. The SMILES string of the molecule is C[C@]1(C(=O)NC2COC(C(=O)OCc3ccccc3)C2)CC(c2cc(F)cc(F)c2)=NO1. The van der Waals surface area contributed by atoms with E-state index in [9.17, 15) is 18.4 Å². The molecule has 2 heterocycles. The summed E-state index contributed by atoms with van der Waals surface area (Å²) in [6, 6.07) is 11.9. The summed E-state index contributed by atoms with van der Waals surface area (Å²) in [7, 11) is 0. The molecule has 2 aliphatic rings. The van der Waals surface area contributed by atoms with E-state index in [1.165, 1.54) is 6.92 Å². The van der Waals surface area contributed by atoms with Crippen LogP contribution in [0, 0.1) is 11.6 Å². The number of nitrogens with zero attached hydrogens (tertiary/aromatic N) is 1. The van der Waals surface area contributed by atoms with Gasteiger partial charge in [-0.05, 0) is 24.6 Å². The van der Waals surface area contributed by atoms with Gasteiger partial charge in [0.25, 0.3) is 5.91 Å². The maximum absolute atomic E-state index is 13.5. The van der Waals surface area contributed by atoms with Gasteiger partial charge in [0.2, 0.25) is 5.60 Å². The van der Waals surface area contributed by atoms with Crippen LogP contribution in [-0.4, -0.2) is 41.9 Å². The monoisotopic (exact) mass is 444 g/mol. The summed E-state index contributed by atoms with van der Waals surface area (Å²) in [5.74, 6) is -2.43. The van der Waals surface area contributed by atoms with Crippen molar-refractivity contribution in [3.63, 3.8) is 0 Å². The van der Waals surface area contributed by atoms with Gasteiger partial charge in [-0.15, -0.1) is 0 Å². The molecule has 1 saturated heterocycles. The van der Waals surface area contributed by atoms with Crippen LogP contribution in [0.5, 0.6) is 0 Å². The molecule has 9 heteroatoms. The van der Waals surface area contributed by atoms with E-state index in [2.05, 4.69) is 10.5 Å². The summed E-state index contributed by atoms with van der Waals surface area (Å²) in [5, 5.41) is 6.65. The molecular formula is C23H22F2N2O5. The van der Waals surface area contributed by atoms with Crippen LogP contribution in [0.4, 0.5) is 8.78 Å². The van der Waals surface area contributed by atoms with Crippen molar-refractivity contribution in [3.8, 4) is 0 Å². The van der Waals surface area contributed by atoms with Crippen LogP contribution < -0.4 is 5.32 Å². The summed E-state index contributed by atoms with van der Waals surface area (Å²) < 4.78 is 37.8. The fourth-order valence-electron chi connectivity index (χ4n) is 3.59. The van der Waals surface area contributed by atoms with Crippen LogP contribution in [0.2, 0.25) is 0 Å². The first-order valence-electron chi connectivity index (χ1n) is 10.2. The Morgan fingerprint density at radius 1 is 1.19 bits per heavy atom. The lowest BCUT2D eigenvalue weighted by molar-refractivity contribution is -0.155. The molecule has 3 atom stereocenters. The number of carbonyl (C=O) groups is 2. The van der Waals surface area contributed by atoms with Gasteiger partial charge in [-0.2, -0.15) is 0 Å². The second kappa shape index (κ2) is 9.04. The quantitative estimate of drug-likeness (QED) is 0.693. The van der Waals surface area contributed by atoms with E-state index in [0.717, 1.165) is 23.8 Å². The highest BCUT2D eigenvalue weighted by Gasteiger charge is 2.44. The molecule has 0 radical (unpaired) electrons. The van der Waals surface area contributed by atoms with E-state index in [1.54, 1.807) is 0 Å². The van der Waals surface area contributed by atoms with Gasteiger partial charge in [-0.1, -0.05) is 35.5 Å². The molecule has 2 unspecified atom stereocenters. The average molecular weight is 444 g/mol. The fourth-order valence-corrected chi connectivity index (χ4v) is 3.59. The number of benzene rings is 2. The first kappa shape index (κ1) is 21.9. The summed E-state index contributed by atoms with van der Waals surface area (Å²) in [6.07, 6.45) is -0.473. The molecule has 0 bridgehead atoms. The summed E-state index contributed by atoms with van der Waals surface area (Å²) in [5.41, 5.74) is 0.00356. The minimum atomic E-state index is -1.34. The van der Waals surface area contributed by atoms with E-state index in [-0.39, 0.29) is 37.3 Å².